The molecule has 140 valence electrons. The van der Waals surface area contributed by atoms with Gasteiger partial charge in [0.05, 0.1) is 12.6 Å². The van der Waals surface area contributed by atoms with Crippen LogP contribution in [0.1, 0.15) is 67.4 Å². The maximum absolute atomic E-state index is 12.3. The number of aromatic nitrogens is 1. The Hall–Kier alpha value is -2.14. The first-order valence-corrected chi connectivity index (χ1v) is 9.58. The zero-order valence-electron chi connectivity index (χ0n) is 15.7. The highest BCUT2D eigenvalue weighted by Gasteiger charge is 2.18. The van der Waals surface area contributed by atoms with Crippen molar-refractivity contribution in [3.63, 3.8) is 0 Å². The van der Waals surface area contributed by atoms with E-state index in [9.17, 15) is 4.79 Å². The number of amides is 1. The highest BCUT2D eigenvalue weighted by molar-refractivity contribution is 5.93. The molecule has 5 heteroatoms. The zero-order chi connectivity index (χ0) is 18.4. The Morgan fingerprint density at radius 2 is 2.00 bits per heavy atom. The molecule has 1 atom stereocenters. The summed E-state index contributed by atoms with van der Waals surface area (Å²) in [6.07, 6.45) is 7.38. The summed E-state index contributed by atoms with van der Waals surface area (Å²) in [6.45, 7) is 2.49. The van der Waals surface area contributed by atoms with Crippen molar-refractivity contribution < 1.29 is 14.1 Å². The lowest BCUT2D eigenvalue weighted by Gasteiger charge is -2.21. The summed E-state index contributed by atoms with van der Waals surface area (Å²) < 4.78 is 10.5. The SMILES string of the molecule is CC[C@@H](COC)NC(=O)c1cc(-c2ccc(C3CCCCC3)cc2)on1. The molecular formula is C21H28N2O3. The summed E-state index contributed by atoms with van der Waals surface area (Å²) in [5, 5.41) is 6.84. The minimum atomic E-state index is -0.234. The fourth-order valence-electron chi connectivity index (χ4n) is 3.60. The second-order valence-corrected chi connectivity index (χ2v) is 7.07. The minimum Gasteiger partial charge on any atom is -0.383 e. The van der Waals surface area contributed by atoms with Crippen LogP contribution >= 0.6 is 0 Å². The highest BCUT2D eigenvalue weighted by atomic mass is 16.5. The molecule has 0 unspecified atom stereocenters. The fourth-order valence-corrected chi connectivity index (χ4v) is 3.60. The van der Waals surface area contributed by atoms with Crippen molar-refractivity contribution in [3.8, 4) is 11.3 Å². The number of hydrogen-bond donors (Lipinski definition) is 1. The number of methoxy groups -OCH3 is 1. The monoisotopic (exact) mass is 356 g/mol. The molecule has 1 aliphatic carbocycles. The van der Waals surface area contributed by atoms with Gasteiger partial charge in [-0.05, 0) is 30.7 Å². The van der Waals surface area contributed by atoms with E-state index in [-0.39, 0.29) is 11.9 Å². The third-order valence-corrected chi connectivity index (χ3v) is 5.21. The number of nitrogens with zero attached hydrogens (tertiary/aromatic N) is 1. The van der Waals surface area contributed by atoms with Gasteiger partial charge in [0.2, 0.25) is 0 Å². The van der Waals surface area contributed by atoms with Crippen molar-refractivity contribution in [3.05, 3.63) is 41.6 Å². The van der Waals surface area contributed by atoms with E-state index in [1.807, 2.05) is 6.92 Å². The van der Waals surface area contributed by atoms with Gasteiger partial charge in [-0.15, -0.1) is 0 Å². The molecule has 26 heavy (non-hydrogen) atoms. The van der Waals surface area contributed by atoms with Crippen molar-refractivity contribution in [2.24, 2.45) is 0 Å². The van der Waals surface area contributed by atoms with Gasteiger partial charge in [0, 0.05) is 18.7 Å². The Morgan fingerprint density at radius 3 is 2.65 bits per heavy atom. The van der Waals surface area contributed by atoms with Gasteiger partial charge >= 0.3 is 0 Å². The number of ether oxygens (including phenoxy) is 1. The van der Waals surface area contributed by atoms with Gasteiger partial charge in [-0.25, -0.2) is 0 Å². The van der Waals surface area contributed by atoms with E-state index in [0.29, 0.717) is 24.0 Å². The summed E-state index contributed by atoms with van der Waals surface area (Å²) in [6, 6.07) is 10.2. The number of carbonyl (C=O) groups is 1. The number of benzene rings is 1. The molecular weight excluding hydrogens is 328 g/mol. The maximum Gasteiger partial charge on any atom is 0.273 e. The van der Waals surface area contributed by atoms with E-state index >= 15 is 0 Å². The average Bonchev–Trinajstić information content (AvgIpc) is 3.19. The lowest BCUT2D eigenvalue weighted by molar-refractivity contribution is 0.0885. The van der Waals surface area contributed by atoms with Gasteiger partial charge in [0.25, 0.3) is 5.91 Å². The van der Waals surface area contributed by atoms with Crippen LogP contribution < -0.4 is 5.32 Å². The first-order chi connectivity index (χ1) is 12.7. The lowest BCUT2D eigenvalue weighted by Crippen LogP contribution is -2.37. The topological polar surface area (TPSA) is 64.4 Å². The first-order valence-electron chi connectivity index (χ1n) is 9.58. The van der Waals surface area contributed by atoms with Crippen molar-refractivity contribution in [1.82, 2.24) is 10.5 Å². The number of hydrogen-bond acceptors (Lipinski definition) is 4. The molecule has 2 aromatic rings. The average molecular weight is 356 g/mol. The Labute approximate surface area is 155 Å². The fraction of sp³-hybridized carbons (Fsp3) is 0.524. The maximum atomic E-state index is 12.3. The predicted octanol–water partition coefficient (Wildman–Crippen LogP) is 4.54. The van der Waals surface area contributed by atoms with E-state index in [0.717, 1.165) is 12.0 Å². The van der Waals surface area contributed by atoms with Crippen LogP contribution in [0.15, 0.2) is 34.9 Å². The predicted molar refractivity (Wildman–Crippen MR) is 101 cm³/mol. The Kier molecular flexibility index (Phi) is 6.45. The standard InChI is InChI=1S/C21H28N2O3/c1-3-18(14-25-2)22-21(24)19-13-20(26-23-19)17-11-9-16(10-12-17)15-7-5-4-6-8-15/h9-13,15,18H,3-8,14H2,1-2H3,(H,22,24)/t18-/m0/s1. The quantitative estimate of drug-likeness (QED) is 0.791. The molecule has 0 aliphatic heterocycles. The van der Waals surface area contributed by atoms with Gasteiger partial charge in [0.15, 0.2) is 11.5 Å². The highest BCUT2D eigenvalue weighted by Crippen LogP contribution is 2.33. The molecule has 1 aromatic carbocycles. The van der Waals surface area contributed by atoms with Crippen LogP contribution in [0.25, 0.3) is 11.3 Å². The van der Waals surface area contributed by atoms with Crippen LogP contribution in [0.4, 0.5) is 0 Å². The molecule has 1 saturated carbocycles. The van der Waals surface area contributed by atoms with Crippen LogP contribution in [-0.2, 0) is 4.74 Å². The molecule has 0 radical (unpaired) electrons. The van der Waals surface area contributed by atoms with E-state index in [2.05, 4.69) is 34.7 Å². The van der Waals surface area contributed by atoms with Gasteiger partial charge in [-0.3, -0.25) is 4.79 Å². The first kappa shape index (κ1) is 18.6. The van der Waals surface area contributed by atoms with Gasteiger partial charge in [0.1, 0.15) is 0 Å². The Morgan fingerprint density at radius 1 is 1.27 bits per heavy atom. The van der Waals surface area contributed by atoms with Gasteiger partial charge < -0.3 is 14.6 Å². The van der Waals surface area contributed by atoms with Crippen molar-refractivity contribution >= 4 is 5.91 Å². The summed E-state index contributed by atoms with van der Waals surface area (Å²) in [5.41, 5.74) is 2.64. The van der Waals surface area contributed by atoms with E-state index in [1.54, 1.807) is 13.2 Å². The van der Waals surface area contributed by atoms with Crippen LogP contribution in [-0.4, -0.2) is 30.8 Å². The van der Waals surface area contributed by atoms with Crippen LogP contribution in [0, 0.1) is 0 Å². The molecule has 1 aromatic heterocycles. The Bertz CT molecular complexity index is 702. The van der Waals surface area contributed by atoms with Crippen molar-refractivity contribution in [2.45, 2.75) is 57.4 Å². The zero-order valence-corrected chi connectivity index (χ0v) is 15.7. The number of nitrogens with one attached hydrogen (secondary N) is 1. The molecule has 1 amide bonds. The van der Waals surface area contributed by atoms with Crippen LogP contribution in [0.3, 0.4) is 0 Å². The van der Waals surface area contributed by atoms with Crippen molar-refractivity contribution in [2.75, 3.05) is 13.7 Å². The second kappa shape index (κ2) is 8.99. The second-order valence-electron chi connectivity index (χ2n) is 7.07. The molecule has 0 bridgehead atoms. The van der Waals surface area contributed by atoms with Gasteiger partial charge in [-0.2, -0.15) is 0 Å². The number of rotatable bonds is 7. The van der Waals surface area contributed by atoms with E-state index < -0.39 is 0 Å². The molecule has 1 heterocycles. The van der Waals surface area contributed by atoms with Crippen LogP contribution in [0.2, 0.25) is 0 Å². The molecule has 1 N–H and O–H groups in total. The summed E-state index contributed by atoms with van der Waals surface area (Å²) in [7, 11) is 1.63. The molecule has 0 saturated heterocycles. The van der Waals surface area contributed by atoms with Gasteiger partial charge in [-0.1, -0.05) is 55.6 Å². The van der Waals surface area contributed by atoms with E-state index in [1.165, 1.54) is 37.7 Å². The van der Waals surface area contributed by atoms with E-state index in [4.69, 9.17) is 9.26 Å². The van der Waals surface area contributed by atoms with Crippen molar-refractivity contribution in [1.29, 1.82) is 0 Å². The molecule has 5 nitrogen and oxygen atoms in total. The third-order valence-electron chi connectivity index (χ3n) is 5.21. The largest absolute Gasteiger partial charge is 0.383 e. The summed E-state index contributed by atoms with van der Waals surface area (Å²) in [5.74, 6) is 1.06. The summed E-state index contributed by atoms with van der Waals surface area (Å²) in [4.78, 5) is 12.3. The lowest BCUT2D eigenvalue weighted by atomic mass is 9.84. The normalized spacial score (nSPS) is 16.4. The minimum absolute atomic E-state index is 0.0255. The number of carbonyl (C=O) groups excluding carboxylic acids is 1. The summed E-state index contributed by atoms with van der Waals surface area (Å²) >= 11 is 0. The molecule has 0 spiro atoms. The Balaban J connectivity index is 1.66. The third kappa shape index (κ3) is 4.52. The smallest absolute Gasteiger partial charge is 0.273 e. The molecule has 1 fully saturated rings. The van der Waals surface area contributed by atoms with Crippen LogP contribution in [0.5, 0.6) is 0 Å². The molecule has 3 rings (SSSR count). The molecule has 1 aliphatic rings.